The van der Waals surface area contributed by atoms with Crippen LogP contribution in [-0.4, -0.2) is 53.7 Å². The molecule has 2 aliphatic rings. The summed E-state index contributed by atoms with van der Waals surface area (Å²) in [6, 6.07) is 16.9. The van der Waals surface area contributed by atoms with E-state index in [1.165, 1.54) is 54.1 Å². The number of hydrogen-bond acceptors (Lipinski definition) is 9. The van der Waals surface area contributed by atoms with E-state index in [-0.39, 0.29) is 50.5 Å². The molecular weight excluding hydrogens is 638 g/mol. The van der Waals surface area contributed by atoms with E-state index in [4.69, 9.17) is 0 Å². The Kier molecular flexibility index (Phi) is 6.49. The molecule has 0 atom stereocenters. The summed E-state index contributed by atoms with van der Waals surface area (Å²) in [4.78, 5) is 77.8. The number of rotatable bonds is 2. The summed E-state index contributed by atoms with van der Waals surface area (Å²) in [5.74, 6) is -2.71. The molecule has 0 radical (unpaired) electrons. The Balaban J connectivity index is 0.000000142. The van der Waals surface area contributed by atoms with Gasteiger partial charge in [-0.15, -0.1) is 0 Å². The van der Waals surface area contributed by atoms with Crippen LogP contribution in [-0.2, 0) is 4.74 Å². The van der Waals surface area contributed by atoms with Crippen molar-refractivity contribution in [1.82, 2.24) is 29.1 Å². The lowest BCUT2D eigenvalue weighted by molar-refractivity contribution is 0.0600. The number of carbonyl (C=O) groups excluding carboxylic acids is 3. The Morgan fingerprint density at radius 2 is 1.27 bits per heavy atom. The number of aromatic nitrogens is 6. The molecule has 0 bridgehead atoms. The minimum Gasteiger partial charge on any atom is -0.465 e. The van der Waals surface area contributed by atoms with Gasteiger partial charge in [-0.1, -0.05) is 6.07 Å². The van der Waals surface area contributed by atoms with Crippen molar-refractivity contribution in [2.75, 3.05) is 7.11 Å². The first kappa shape index (κ1) is 29.4. The lowest BCUT2D eigenvalue weighted by Gasteiger charge is -2.06. The van der Waals surface area contributed by atoms with Gasteiger partial charge >= 0.3 is 5.97 Å². The highest BCUT2D eigenvalue weighted by molar-refractivity contribution is 6.14. The van der Waals surface area contributed by atoms with Crippen molar-refractivity contribution in [3.8, 4) is 22.6 Å². The van der Waals surface area contributed by atoms with Gasteiger partial charge in [-0.2, -0.15) is 0 Å². The molecule has 0 spiro atoms. The molecule has 7 aromatic rings. The van der Waals surface area contributed by atoms with Crippen LogP contribution in [0.1, 0.15) is 42.7 Å². The Hall–Kier alpha value is -6.96. The van der Waals surface area contributed by atoms with Gasteiger partial charge in [0.05, 0.1) is 75.2 Å². The average Bonchev–Trinajstić information content (AvgIpc) is 3.81. The third-order valence-corrected chi connectivity index (χ3v) is 8.26. The van der Waals surface area contributed by atoms with Gasteiger partial charge in [-0.05, 0) is 66.7 Å². The van der Waals surface area contributed by atoms with Crippen LogP contribution in [0.4, 0.5) is 8.78 Å². The number of imidazole rings is 1. The number of nitrogens with zero attached hydrogens (tertiary/aromatic N) is 5. The summed E-state index contributed by atoms with van der Waals surface area (Å²) in [5, 5.41) is 0.549. The smallest absolute Gasteiger partial charge is 0.337 e. The number of hydrogen-bond donors (Lipinski definition) is 1. The van der Waals surface area contributed by atoms with Crippen molar-refractivity contribution >= 4 is 39.3 Å². The van der Waals surface area contributed by atoms with Gasteiger partial charge < -0.3 is 9.72 Å². The van der Waals surface area contributed by atoms with Crippen LogP contribution in [0.3, 0.4) is 0 Å². The Bertz CT molecular complexity index is 2740. The molecule has 0 saturated carbocycles. The topological polar surface area (TPSA) is 159 Å². The van der Waals surface area contributed by atoms with E-state index < -0.39 is 34.7 Å². The summed E-state index contributed by atoms with van der Waals surface area (Å²) in [5.41, 5.74) is 2.46. The standard InChI is InChI=1S/C18H9FN4O2.C17H9FN2O4/c19-10-2-4-15-12(6-10)16(24)17-22-13-3-1-9(14-7-20-8-21-14)5-11(13)18(25)23(15)17;1-24-17(23)8-2-4-12-10(6-8)16(22)20-13-5-3-9(18)7-11(13)14(21)15(20)19-12/h1-8H,(H,20,21);2-7H,1H3. The largest absolute Gasteiger partial charge is 0.465 e. The second kappa shape index (κ2) is 10.8. The number of benzene rings is 4. The van der Waals surface area contributed by atoms with E-state index in [0.717, 1.165) is 28.0 Å². The number of methoxy groups -OCH3 is 1. The zero-order chi connectivity index (χ0) is 34.1. The fourth-order valence-corrected chi connectivity index (χ4v) is 5.96. The Labute approximate surface area is 271 Å². The molecule has 49 heavy (non-hydrogen) atoms. The summed E-state index contributed by atoms with van der Waals surface area (Å²) in [7, 11) is 1.24. The zero-order valence-electron chi connectivity index (χ0n) is 25.0. The maximum Gasteiger partial charge on any atom is 0.337 e. The average molecular weight is 657 g/mol. The SMILES string of the molecule is COC(=O)c1ccc2nc3n(c(=O)c2c1)-c1ccc(F)cc1C3=O.O=C1c2cc(F)ccc2-n2c1nc1ccc(-c3cnc[nH]3)cc1c2=O. The number of fused-ring (bicyclic) bond motifs is 8. The molecule has 14 heteroatoms. The number of esters is 1. The van der Waals surface area contributed by atoms with Crippen LogP contribution in [0, 0.1) is 11.6 Å². The first-order valence-corrected chi connectivity index (χ1v) is 14.5. The number of ether oxygens (including phenoxy) is 1. The van der Waals surface area contributed by atoms with Gasteiger partial charge in [0.1, 0.15) is 11.6 Å². The maximum absolute atomic E-state index is 13.5. The van der Waals surface area contributed by atoms with E-state index in [2.05, 4.69) is 24.7 Å². The quantitative estimate of drug-likeness (QED) is 0.268. The summed E-state index contributed by atoms with van der Waals surface area (Å²) < 4.78 is 33.9. The van der Waals surface area contributed by atoms with Gasteiger partial charge in [-0.25, -0.2) is 28.5 Å². The van der Waals surface area contributed by atoms with Gasteiger partial charge in [0.15, 0.2) is 11.6 Å². The minimum atomic E-state index is -0.583. The van der Waals surface area contributed by atoms with E-state index >= 15 is 0 Å². The second-order valence-electron chi connectivity index (χ2n) is 11.1. The third kappa shape index (κ3) is 4.49. The lowest BCUT2D eigenvalue weighted by atomic mass is 10.1. The number of H-pyrrole nitrogens is 1. The molecule has 12 nitrogen and oxygen atoms in total. The molecule has 0 amide bonds. The monoisotopic (exact) mass is 656 g/mol. The van der Waals surface area contributed by atoms with Crippen molar-refractivity contribution in [2.45, 2.75) is 0 Å². The molecule has 238 valence electrons. The molecule has 0 aliphatic carbocycles. The van der Waals surface area contributed by atoms with Gasteiger partial charge in [-0.3, -0.25) is 28.3 Å². The number of nitrogens with one attached hydrogen (secondary N) is 1. The van der Waals surface area contributed by atoms with E-state index in [0.29, 0.717) is 16.6 Å². The minimum absolute atomic E-state index is 0.00684. The molecule has 0 saturated heterocycles. The summed E-state index contributed by atoms with van der Waals surface area (Å²) >= 11 is 0. The van der Waals surface area contributed by atoms with Gasteiger partial charge in [0, 0.05) is 5.56 Å². The van der Waals surface area contributed by atoms with Crippen LogP contribution in [0.5, 0.6) is 0 Å². The number of halogens is 2. The molecular formula is C35H18F2N6O6. The van der Waals surface area contributed by atoms with Crippen LogP contribution in [0.25, 0.3) is 44.4 Å². The molecule has 1 N–H and O–H groups in total. The zero-order valence-corrected chi connectivity index (χ0v) is 25.0. The maximum atomic E-state index is 13.5. The first-order chi connectivity index (χ1) is 23.6. The van der Waals surface area contributed by atoms with E-state index in [1.807, 2.05) is 0 Å². The first-order valence-electron chi connectivity index (χ1n) is 14.5. The normalized spacial score (nSPS) is 12.3. The van der Waals surface area contributed by atoms with E-state index in [9.17, 15) is 32.8 Å². The fraction of sp³-hybridized carbons (Fsp3) is 0.0286. The van der Waals surface area contributed by atoms with Gasteiger partial charge in [0.25, 0.3) is 11.1 Å². The molecule has 0 fully saturated rings. The molecule has 9 rings (SSSR count). The van der Waals surface area contributed by atoms with Gasteiger partial charge in [0.2, 0.25) is 11.6 Å². The van der Waals surface area contributed by atoms with Crippen molar-refractivity contribution in [2.24, 2.45) is 0 Å². The molecule has 0 unspecified atom stereocenters. The van der Waals surface area contributed by atoms with Crippen molar-refractivity contribution < 1.29 is 27.9 Å². The highest BCUT2D eigenvalue weighted by atomic mass is 19.1. The molecule has 3 aromatic heterocycles. The number of aromatic amines is 1. The number of ketones is 2. The van der Waals surface area contributed by atoms with Crippen LogP contribution < -0.4 is 11.1 Å². The van der Waals surface area contributed by atoms with Crippen LogP contribution in [0.2, 0.25) is 0 Å². The Morgan fingerprint density at radius 3 is 1.80 bits per heavy atom. The predicted molar refractivity (Wildman–Crippen MR) is 170 cm³/mol. The Morgan fingerprint density at radius 1 is 0.714 bits per heavy atom. The second-order valence-corrected chi connectivity index (χ2v) is 11.1. The van der Waals surface area contributed by atoms with Crippen LogP contribution in [0.15, 0.2) is 94.9 Å². The molecule has 2 aliphatic heterocycles. The number of carbonyl (C=O) groups is 3. The summed E-state index contributed by atoms with van der Waals surface area (Å²) in [6.07, 6.45) is 3.21. The third-order valence-electron chi connectivity index (χ3n) is 8.26. The highest BCUT2D eigenvalue weighted by Crippen LogP contribution is 2.29. The highest BCUT2D eigenvalue weighted by Gasteiger charge is 2.32. The van der Waals surface area contributed by atoms with Crippen molar-refractivity contribution in [3.05, 3.63) is 146 Å². The lowest BCUT2D eigenvalue weighted by Crippen LogP contribution is -2.21. The molecule has 4 aromatic carbocycles. The van der Waals surface area contributed by atoms with Crippen molar-refractivity contribution in [3.63, 3.8) is 0 Å². The fourth-order valence-electron chi connectivity index (χ4n) is 5.96. The predicted octanol–water partition coefficient (Wildman–Crippen LogP) is 4.32. The van der Waals surface area contributed by atoms with E-state index in [1.54, 1.807) is 30.7 Å². The molecule has 5 heterocycles. The van der Waals surface area contributed by atoms with Crippen LogP contribution >= 0.6 is 0 Å². The summed E-state index contributed by atoms with van der Waals surface area (Å²) in [6.45, 7) is 0. The van der Waals surface area contributed by atoms with Crippen molar-refractivity contribution in [1.29, 1.82) is 0 Å².